The maximum Gasteiger partial charge on any atom is 0.143 e. The number of hydrogen-bond donors (Lipinski definition) is 6. The first-order valence-electron chi connectivity index (χ1n) is 17.7. The van der Waals surface area contributed by atoms with Crippen LogP contribution >= 0.6 is 0 Å². The number of azo groups is 1. The van der Waals surface area contributed by atoms with E-state index >= 15 is 0 Å². The van der Waals surface area contributed by atoms with Crippen LogP contribution in [0.15, 0.2) is 150 Å². The monoisotopic (exact) mass is 710 g/mol. The maximum absolute atomic E-state index is 11.1. The smallest absolute Gasteiger partial charge is 0.143 e. The number of nitrogens with zero attached hydrogens (tertiary/aromatic N) is 3. The van der Waals surface area contributed by atoms with Gasteiger partial charge < -0.3 is 26.2 Å². The predicted molar refractivity (Wildman–Crippen MR) is 220 cm³/mol. The zero-order valence-corrected chi connectivity index (χ0v) is 29.7. The Bertz CT molecular complexity index is 2830. The molecule has 0 bridgehead atoms. The number of aromatic hydroxyl groups is 3. The third-order valence-corrected chi connectivity index (χ3v) is 9.67. The number of nitrogens with one attached hydrogen (secondary N) is 3. The highest BCUT2D eigenvalue weighted by molar-refractivity contribution is 5.94. The molecule has 266 valence electrons. The molecule has 0 aliphatic carbocycles. The summed E-state index contributed by atoms with van der Waals surface area (Å²) in [5.41, 5.74) is 14.7. The molecule has 0 saturated carbocycles. The van der Waals surface area contributed by atoms with Crippen molar-refractivity contribution >= 4 is 67.3 Å². The van der Waals surface area contributed by atoms with Crippen molar-refractivity contribution in [2.45, 2.75) is 12.8 Å². The van der Waals surface area contributed by atoms with E-state index in [2.05, 4.69) is 57.7 Å². The van der Waals surface area contributed by atoms with E-state index in [0.717, 1.165) is 59.8 Å². The molecule has 1 heterocycles. The summed E-state index contributed by atoms with van der Waals surface area (Å²) in [5, 5.41) is 48.2. The molecule has 0 aliphatic rings. The minimum atomic E-state index is -0.126. The van der Waals surface area contributed by atoms with Crippen LogP contribution in [0, 0.1) is 0 Å². The number of hydrogen-bond acceptors (Lipinski definition) is 8. The van der Waals surface area contributed by atoms with Crippen LogP contribution in [-0.2, 0) is 0 Å². The molecule has 1 aromatic heterocycles. The number of anilines is 2. The fourth-order valence-electron chi connectivity index (χ4n) is 6.90. The molecule has 0 aliphatic heterocycles. The Hall–Kier alpha value is -7.26. The summed E-state index contributed by atoms with van der Waals surface area (Å²) in [4.78, 5) is 0. The zero-order chi connectivity index (χ0) is 37.2. The van der Waals surface area contributed by atoms with Gasteiger partial charge >= 0.3 is 0 Å². The molecule has 8 rings (SSSR count). The lowest BCUT2D eigenvalue weighted by atomic mass is 9.99. The van der Waals surface area contributed by atoms with Crippen LogP contribution in [0.4, 0.5) is 22.7 Å². The van der Waals surface area contributed by atoms with Gasteiger partial charge in [-0.3, -0.25) is 10.1 Å². The average Bonchev–Trinajstić information content (AvgIpc) is 3.47. The summed E-state index contributed by atoms with van der Waals surface area (Å²) >= 11 is 0. The van der Waals surface area contributed by atoms with E-state index in [1.165, 1.54) is 0 Å². The van der Waals surface area contributed by atoms with Gasteiger partial charge in [0.2, 0.25) is 0 Å². The topological polar surface area (TPSA) is 126 Å². The number of aromatic nitrogens is 1. The van der Waals surface area contributed by atoms with Crippen molar-refractivity contribution in [2.24, 2.45) is 10.2 Å². The highest BCUT2D eigenvalue weighted by Gasteiger charge is 2.13. The fourth-order valence-corrected chi connectivity index (χ4v) is 6.90. The van der Waals surface area contributed by atoms with Crippen molar-refractivity contribution in [2.75, 3.05) is 23.3 Å². The van der Waals surface area contributed by atoms with Gasteiger partial charge in [-0.15, -0.1) is 10.2 Å². The van der Waals surface area contributed by atoms with Crippen LogP contribution in [0.2, 0.25) is 0 Å². The Balaban J connectivity index is 1.12. The lowest BCUT2D eigenvalue weighted by Crippen LogP contribution is -2.33. The van der Waals surface area contributed by atoms with Crippen molar-refractivity contribution in [3.8, 4) is 17.2 Å². The van der Waals surface area contributed by atoms with Gasteiger partial charge in [0.25, 0.3) is 0 Å². The second kappa shape index (κ2) is 14.4. The summed E-state index contributed by atoms with van der Waals surface area (Å²) in [6, 6.07) is 44.1. The molecule has 9 heteroatoms. The van der Waals surface area contributed by atoms with Gasteiger partial charge in [-0.2, -0.15) is 0 Å². The zero-order valence-electron chi connectivity index (χ0n) is 29.7. The minimum absolute atomic E-state index is 0.00838. The SMILES string of the molecule is CNn1c(=C\C(C)c2ccc(NNc3cccc4ccccc34)c(O)c2)/c(=C\c2ccc(N=Nc3cccc4ccccc34)c(O)c2)c2cc(O)ccc21. The molecule has 8 aromatic rings. The van der Waals surface area contributed by atoms with Crippen molar-refractivity contribution < 1.29 is 15.3 Å². The first-order chi connectivity index (χ1) is 26.4. The molecule has 54 heavy (non-hydrogen) atoms. The second-order valence-electron chi connectivity index (χ2n) is 13.2. The van der Waals surface area contributed by atoms with E-state index < -0.39 is 0 Å². The van der Waals surface area contributed by atoms with E-state index in [1.807, 2.05) is 109 Å². The Kier molecular flexibility index (Phi) is 9.03. The lowest BCUT2D eigenvalue weighted by Gasteiger charge is -2.15. The molecule has 0 saturated heterocycles. The molecule has 1 unspecified atom stereocenters. The number of hydrazine groups is 1. The molecular weight excluding hydrogens is 673 g/mol. The number of phenols is 3. The van der Waals surface area contributed by atoms with E-state index in [0.29, 0.717) is 17.1 Å². The van der Waals surface area contributed by atoms with Crippen molar-refractivity contribution in [3.05, 3.63) is 161 Å². The van der Waals surface area contributed by atoms with E-state index in [9.17, 15) is 15.3 Å². The van der Waals surface area contributed by atoms with Gasteiger partial charge in [0.15, 0.2) is 0 Å². The number of fused-ring (bicyclic) bond motifs is 3. The molecule has 9 nitrogen and oxygen atoms in total. The van der Waals surface area contributed by atoms with Gasteiger partial charge in [0.1, 0.15) is 22.9 Å². The molecule has 7 aromatic carbocycles. The van der Waals surface area contributed by atoms with Crippen molar-refractivity contribution in [1.82, 2.24) is 4.68 Å². The quantitative estimate of drug-likeness (QED) is 0.0504. The fraction of sp³-hybridized carbons (Fsp3) is 0.0667. The van der Waals surface area contributed by atoms with E-state index in [1.54, 1.807) is 30.3 Å². The van der Waals surface area contributed by atoms with Crippen molar-refractivity contribution in [1.29, 1.82) is 0 Å². The summed E-state index contributed by atoms with van der Waals surface area (Å²) in [5.74, 6) is 0.117. The van der Waals surface area contributed by atoms with Crippen LogP contribution in [-0.4, -0.2) is 27.0 Å². The number of phenolic OH excluding ortho intramolecular Hbond substituents is 3. The Labute approximate surface area is 311 Å². The largest absolute Gasteiger partial charge is 0.508 e. The van der Waals surface area contributed by atoms with Gasteiger partial charge in [0.05, 0.1) is 27.9 Å². The summed E-state index contributed by atoms with van der Waals surface area (Å²) in [6.45, 7) is 2.07. The molecule has 1 atom stereocenters. The molecular formula is C45H38N6O3. The second-order valence-corrected chi connectivity index (χ2v) is 13.2. The summed E-state index contributed by atoms with van der Waals surface area (Å²) in [7, 11) is 1.84. The van der Waals surface area contributed by atoms with Gasteiger partial charge in [0, 0.05) is 34.3 Å². The molecule has 0 radical (unpaired) electrons. The van der Waals surface area contributed by atoms with Gasteiger partial charge in [-0.05, 0) is 82.6 Å². The highest BCUT2D eigenvalue weighted by atomic mass is 16.3. The Morgan fingerprint density at radius 3 is 2.09 bits per heavy atom. The van der Waals surface area contributed by atoms with E-state index in [4.69, 9.17) is 0 Å². The van der Waals surface area contributed by atoms with Crippen LogP contribution in [0.3, 0.4) is 0 Å². The first-order valence-corrected chi connectivity index (χ1v) is 17.7. The normalized spacial score (nSPS) is 12.9. The molecule has 0 fully saturated rings. The third-order valence-electron chi connectivity index (χ3n) is 9.67. The first kappa shape index (κ1) is 33.9. The number of benzene rings is 7. The Morgan fingerprint density at radius 1 is 0.611 bits per heavy atom. The molecule has 6 N–H and O–H groups in total. The molecule has 0 amide bonds. The van der Waals surface area contributed by atoms with Crippen molar-refractivity contribution in [3.63, 3.8) is 0 Å². The van der Waals surface area contributed by atoms with Crippen LogP contribution in [0.5, 0.6) is 17.2 Å². The van der Waals surface area contributed by atoms with E-state index in [-0.39, 0.29) is 23.2 Å². The number of rotatable bonds is 9. The summed E-state index contributed by atoms with van der Waals surface area (Å²) < 4.78 is 1.97. The van der Waals surface area contributed by atoms with Gasteiger partial charge in [-0.25, -0.2) is 0 Å². The highest BCUT2D eigenvalue weighted by Crippen LogP contribution is 2.33. The standard InChI is InChI=1S/C45H38N6O3/c1-28(32-18-21-41(45(54)26-32)50-48-39-16-8-12-31-10-4-6-14-35(31)39)23-43-36(37-27-33(52)19-22-42(37)51(43)46-2)24-29-17-20-40(44(53)25-29)49-47-38-15-7-11-30-9-3-5-13-34(30)38/h3-28,46,48,50,52-54H,1-2H3/b36-24-,43-23-,49-47?. The lowest BCUT2D eigenvalue weighted by molar-refractivity contribution is 0.475. The Morgan fingerprint density at radius 2 is 1.31 bits per heavy atom. The predicted octanol–water partition coefficient (Wildman–Crippen LogP) is 9.51. The maximum atomic E-state index is 11.1. The average molecular weight is 711 g/mol. The summed E-state index contributed by atoms with van der Waals surface area (Å²) in [6.07, 6.45) is 4.09. The van der Waals surface area contributed by atoms with Gasteiger partial charge in [-0.1, -0.05) is 97.9 Å². The van der Waals surface area contributed by atoms with Crippen LogP contribution in [0.1, 0.15) is 24.0 Å². The minimum Gasteiger partial charge on any atom is -0.508 e. The van der Waals surface area contributed by atoms with Crippen LogP contribution < -0.4 is 26.8 Å². The molecule has 0 spiro atoms. The van der Waals surface area contributed by atoms with Crippen LogP contribution in [0.25, 0.3) is 44.6 Å². The third kappa shape index (κ3) is 6.62.